The first-order valence-electron chi connectivity index (χ1n) is 7.40. The summed E-state index contributed by atoms with van der Waals surface area (Å²) in [6, 6.07) is 8.43. The number of benzene rings is 1. The molecular formula is C16H14N2O6. The molecule has 24 heavy (non-hydrogen) atoms. The van der Waals surface area contributed by atoms with Crippen LogP contribution in [0.5, 0.6) is 11.5 Å². The minimum atomic E-state index is -0.467. The van der Waals surface area contributed by atoms with Gasteiger partial charge in [-0.05, 0) is 24.3 Å². The first-order chi connectivity index (χ1) is 11.7. The first kappa shape index (κ1) is 14.4. The molecule has 4 rings (SSSR count). The van der Waals surface area contributed by atoms with E-state index in [1.54, 1.807) is 30.3 Å². The van der Waals surface area contributed by atoms with Crippen molar-refractivity contribution in [3.05, 3.63) is 42.4 Å². The lowest BCUT2D eigenvalue weighted by Gasteiger charge is -2.13. The highest BCUT2D eigenvalue weighted by atomic mass is 16.7. The highest BCUT2D eigenvalue weighted by molar-refractivity contribution is 5.92. The second-order valence-corrected chi connectivity index (χ2v) is 5.34. The molecule has 8 heteroatoms. The summed E-state index contributed by atoms with van der Waals surface area (Å²) in [5, 5.41) is 2.68. The van der Waals surface area contributed by atoms with Crippen molar-refractivity contribution in [3.63, 3.8) is 0 Å². The molecule has 8 nitrogen and oxygen atoms in total. The Bertz CT molecular complexity index is 773. The van der Waals surface area contributed by atoms with Crippen molar-refractivity contribution in [2.75, 3.05) is 24.8 Å². The van der Waals surface area contributed by atoms with Gasteiger partial charge in [0.1, 0.15) is 6.10 Å². The van der Waals surface area contributed by atoms with E-state index in [0.717, 1.165) is 0 Å². The largest absolute Gasteiger partial charge is 0.459 e. The topological polar surface area (TPSA) is 90.2 Å². The molecular weight excluding hydrogens is 316 g/mol. The van der Waals surface area contributed by atoms with Gasteiger partial charge in [0, 0.05) is 6.07 Å². The maximum absolute atomic E-state index is 12.1. The zero-order valence-corrected chi connectivity index (χ0v) is 12.6. The Hall–Kier alpha value is -3.16. The fraction of sp³-hybridized carbons (Fsp3) is 0.250. The molecule has 0 saturated carbocycles. The van der Waals surface area contributed by atoms with Crippen LogP contribution in [-0.4, -0.2) is 38.0 Å². The minimum absolute atomic E-state index is 0.171. The highest BCUT2D eigenvalue weighted by Gasteiger charge is 2.33. The van der Waals surface area contributed by atoms with Crippen LogP contribution >= 0.6 is 0 Å². The van der Waals surface area contributed by atoms with Crippen molar-refractivity contribution < 1.29 is 28.2 Å². The molecule has 3 heterocycles. The van der Waals surface area contributed by atoms with Crippen molar-refractivity contribution in [2.24, 2.45) is 0 Å². The van der Waals surface area contributed by atoms with E-state index in [9.17, 15) is 9.59 Å². The average molecular weight is 330 g/mol. The van der Waals surface area contributed by atoms with E-state index in [4.69, 9.17) is 18.6 Å². The quantitative estimate of drug-likeness (QED) is 0.919. The van der Waals surface area contributed by atoms with Gasteiger partial charge < -0.3 is 23.9 Å². The number of carbonyl (C=O) groups is 2. The Morgan fingerprint density at radius 1 is 1.25 bits per heavy atom. The monoisotopic (exact) mass is 330 g/mol. The van der Waals surface area contributed by atoms with E-state index in [-0.39, 0.29) is 25.0 Å². The molecule has 2 aliphatic rings. The summed E-state index contributed by atoms with van der Waals surface area (Å²) in [6.45, 7) is 0.702. The number of furan rings is 1. The molecule has 1 fully saturated rings. The van der Waals surface area contributed by atoms with E-state index in [1.165, 1.54) is 11.2 Å². The number of cyclic esters (lactones) is 1. The van der Waals surface area contributed by atoms with Crippen LogP contribution in [0, 0.1) is 0 Å². The van der Waals surface area contributed by atoms with Gasteiger partial charge in [0.15, 0.2) is 17.3 Å². The van der Waals surface area contributed by atoms with Gasteiger partial charge >= 0.3 is 6.09 Å². The van der Waals surface area contributed by atoms with Gasteiger partial charge in [-0.15, -0.1) is 0 Å². The third-order valence-electron chi connectivity index (χ3n) is 3.78. The first-order valence-corrected chi connectivity index (χ1v) is 7.40. The number of carbonyl (C=O) groups excluding carboxylic acids is 2. The van der Waals surface area contributed by atoms with E-state index >= 15 is 0 Å². The van der Waals surface area contributed by atoms with Crippen molar-refractivity contribution in [2.45, 2.75) is 6.10 Å². The summed E-state index contributed by atoms with van der Waals surface area (Å²) < 4.78 is 20.9. The predicted molar refractivity (Wildman–Crippen MR) is 81.2 cm³/mol. The summed E-state index contributed by atoms with van der Waals surface area (Å²) in [5.41, 5.74) is 0.657. The maximum Gasteiger partial charge on any atom is 0.414 e. The number of hydrogen-bond acceptors (Lipinski definition) is 6. The molecule has 1 unspecified atom stereocenters. The summed E-state index contributed by atoms with van der Waals surface area (Å²) in [5.74, 6) is 1.10. The van der Waals surface area contributed by atoms with Crippen LogP contribution in [0.1, 0.15) is 10.6 Å². The van der Waals surface area contributed by atoms with Crippen LogP contribution in [0.4, 0.5) is 10.5 Å². The molecule has 1 N–H and O–H groups in total. The van der Waals surface area contributed by atoms with Crippen molar-refractivity contribution >= 4 is 17.7 Å². The Kier molecular flexibility index (Phi) is 3.49. The third kappa shape index (κ3) is 2.62. The number of nitrogens with one attached hydrogen (secondary N) is 1. The molecule has 1 atom stereocenters. The van der Waals surface area contributed by atoms with Crippen LogP contribution in [0.3, 0.4) is 0 Å². The summed E-state index contributed by atoms with van der Waals surface area (Å²) >= 11 is 0. The molecule has 2 amide bonds. The van der Waals surface area contributed by atoms with E-state index in [0.29, 0.717) is 23.7 Å². The molecule has 1 aromatic carbocycles. The molecule has 0 radical (unpaired) electrons. The highest BCUT2D eigenvalue weighted by Crippen LogP contribution is 2.36. The van der Waals surface area contributed by atoms with Crippen molar-refractivity contribution in [1.29, 1.82) is 0 Å². The number of nitrogens with zero attached hydrogens (tertiary/aromatic N) is 1. The SMILES string of the molecule is O=C(NCC1CN(c2ccc3c(c2)OCO3)C(=O)O1)c1ccco1. The zero-order chi connectivity index (χ0) is 16.5. The lowest BCUT2D eigenvalue weighted by atomic mass is 10.2. The normalized spacial score (nSPS) is 18.6. The second-order valence-electron chi connectivity index (χ2n) is 5.34. The standard InChI is InChI=1S/C16H14N2O6/c19-15(13-2-1-5-21-13)17-7-11-8-18(16(20)24-11)10-3-4-12-14(6-10)23-9-22-12/h1-6,11H,7-9H2,(H,17,19). The molecule has 124 valence electrons. The molecule has 1 saturated heterocycles. The lowest BCUT2D eigenvalue weighted by molar-refractivity contribution is 0.0889. The summed E-state index contributed by atoms with van der Waals surface area (Å²) in [7, 11) is 0. The summed E-state index contributed by atoms with van der Waals surface area (Å²) in [6.07, 6.45) is 0.513. The van der Waals surface area contributed by atoms with Gasteiger partial charge in [-0.3, -0.25) is 9.69 Å². The van der Waals surface area contributed by atoms with Gasteiger partial charge in [0.25, 0.3) is 5.91 Å². The molecule has 1 aromatic heterocycles. The number of anilines is 1. The van der Waals surface area contributed by atoms with Crippen LogP contribution in [-0.2, 0) is 4.74 Å². The molecule has 2 aromatic rings. The zero-order valence-electron chi connectivity index (χ0n) is 12.6. The van der Waals surface area contributed by atoms with Crippen LogP contribution in [0.25, 0.3) is 0 Å². The Balaban J connectivity index is 1.39. The number of amides is 2. The smallest absolute Gasteiger partial charge is 0.414 e. The Labute approximate surface area is 136 Å². The number of hydrogen-bond donors (Lipinski definition) is 1. The van der Waals surface area contributed by atoms with Gasteiger partial charge in [-0.1, -0.05) is 0 Å². The number of fused-ring (bicyclic) bond motifs is 1. The van der Waals surface area contributed by atoms with E-state index in [1.807, 2.05) is 0 Å². The fourth-order valence-electron chi connectivity index (χ4n) is 2.59. The van der Waals surface area contributed by atoms with Crippen molar-refractivity contribution in [1.82, 2.24) is 5.32 Å². The Morgan fingerprint density at radius 3 is 2.96 bits per heavy atom. The molecule has 0 aliphatic carbocycles. The number of rotatable bonds is 4. The van der Waals surface area contributed by atoms with Crippen molar-refractivity contribution in [3.8, 4) is 11.5 Å². The average Bonchev–Trinajstić information content (AvgIpc) is 3.32. The maximum atomic E-state index is 12.1. The Morgan fingerprint density at radius 2 is 2.12 bits per heavy atom. The van der Waals surface area contributed by atoms with Crippen LogP contribution < -0.4 is 19.7 Å². The van der Waals surface area contributed by atoms with Gasteiger partial charge in [-0.25, -0.2) is 4.79 Å². The lowest BCUT2D eigenvalue weighted by Crippen LogP contribution is -2.34. The predicted octanol–water partition coefficient (Wildman–Crippen LogP) is 1.76. The van der Waals surface area contributed by atoms with Crippen LogP contribution in [0.2, 0.25) is 0 Å². The molecule has 2 aliphatic heterocycles. The summed E-state index contributed by atoms with van der Waals surface area (Å²) in [4.78, 5) is 25.4. The molecule has 0 bridgehead atoms. The van der Waals surface area contributed by atoms with Gasteiger partial charge in [0.05, 0.1) is 25.0 Å². The second kappa shape index (κ2) is 5.80. The van der Waals surface area contributed by atoms with Gasteiger partial charge in [0.2, 0.25) is 6.79 Å². The number of ether oxygens (including phenoxy) is 3. The molecule has 0 spiro atoms. The minimum Gasteiger partial charge on any atom is -0.459 e. The van der Waals surface area contributed by atoms with E-state index in [2.05, 4.69) is 5.32 Å². The third-order valence-corrected chi connectivity index (χ3v) is 3.78. The fourth-order valence-corrected chi connectivity index (χ4v) is 2.59. The van der Waals surface area contributed by atoms with Gasteiger partial charge in [-0.2, -0.15) is 0 Å². The van der Waals surface area contributed by atoms with E-state index < -0.39 is 12.2 Å². The van der Waals surface area contributed by atoms with Crippen LogP contribution in [0.15, 0.2) is 41.0 Å².